The zero-order valence-corrected chi connectivity index (χ0v) is 12.8. The molecule has 0 aromatic heterocycles. The van der Waals surface area contributed by atoms with Crippen LogP contribution < -0.4 is 10.1 Å². The molecular weight excluding hydrogens is 302 g/mol. The van der Waals surface area contributed by atoms with Gasteiger partial charge in [0.1, 0.15) is 5.75 Å². The third-order valence-electron chi connectivity index (χ3n) is 2.84. The molecule has 3 heteroatoms. The van der Waals surface area contributed by atoms with Crippen LogP contribution in [0.5, 0.6) is 5.75 Å². The average Bonchev–Trinajstić information content (AvgIpc) is 2.41. The van der Waals surface area contributed by atoms with Crippen LogP contribution in [0.25, 0.3) is 0 Å². The largest absolute Gasteiger partial charge is 0.493 e. The molecule has 0 atom stereocenters. The molecule has 0 aliphatic heterocycles. The summed E-state index contributed by atoms with van der Waals surface area (Å²) < 4.78 is 6.50. The number of halogens is 1. The van der Waals surface area contributed by atoms with Crippen molar-refractivity contribution in [2.45, 2.75) is 20.4 Å². The fourth-order valence-electron chi connectivity index (χ4n) is 1.80. The molecular formula is C16H18BrNO. The van der Waals surface area contributed by atoms with Crippen molar-refractivity contribution in [3.8, 4) is 5.75 Å². The van der Waals surface area contributed by atoms with Crippen molar-refractivity contribution >= 4 is 21.6 Å². The minimum atomic E-state index is 0.680. The molecule has 0 saturated carbocycles. The highest BCUT2D eigenvalue weighted by molar-refractivity contribution is 9.10. The van der Waals surface area contributed by atoms with Crippen LogP contribution in [0, 0.1) is 6.92 Å². The lowest BCUT2D eigenvalue weighted by molar-refractivity contribution is 0.338. The van der Waals surface area contributed by atoms with Crippen molar-refractivity contribution in [1.82, 2.24) is 0 Å². The molecule has 0 saturated heterocycles. The van der Waals surface area contributed by atoms with E-state index >= 15 is 0 Å². The summed E-state index contributed by atoms with van der Waals surface area (Å²) in [5.41, 5.74) is 3.63. The summed E-state index contributed by atoms with van der Waals surface area (Å²) in [6.07, 6.45) is 0. The molecule has 2 aromatic rings. The van der Waals surface area contributed by atoms with E-state index in [4.69, 9.17) is 4.74 Å². The molecule has 0 fully saturated rings. The van der Waals surface area contributed by atoms with Crippen molar-refractivity contribution in [3.05, 3.63) is 58.1 Å². The Kier molecular flexibility index (Phi) is 4.86. The number of rotatable bonds is 5. The Bertz CT molecular complexity index is 537. The normalized spacial score (nSPS) is 10.3. The predicted molar refractivity (Wildman–Crippen MR) is 83.8 cm³/mol. The van der Waals surface area contributed by atoms with Crippen molar-refractivity contribution < 1.29 is 4.74 Å². The summed E-state index contributed by atoms with van der Waals surface area (Å²) in [5.74, 6) is 0.890. The number of benzene rings is 2. The molecule has 2 nitrogen and oxygen atoms in total. The first kappa shape index (κ1) is 13.9. The molecule has 2 rings (SSSR count). The first-order chi connectivity index (χ1) is 9.19. The molecule has 19 heavy (non-hydrogen) atoms. The van der Waals surface area contributed by atoms with E-state index in [0.29, 0.717) is 6.61 Å². The molecule has 0 heterocycles. The van der Waals surface area contributed by atoms with Gasteiger partial charge in [0.15, 0.2) is 0 Å². The molecule has 0 bridgehead atoms. The van der Waals surface area contributed by atoms with Crippen molar-refractivity contribution in [1.29, 1.82) is 0 Å². The van der Waals surface area contributed by atoms with Gasteiger partial charge >= 0.3 is 0 Å². The second kappa shape index (κ2) is 6.62. The highest BCUT2D eigenvalue weighted by atomic mass is 79.9. The third-order valence-corrected chi connectivity index (χ3v) is 3.46. The second-order valence-electron chi connectivity index (χ2n) is 4.42. The van der Waals surface area contributed by atoms with Gasteiger partial charge < -0.3 is 10.1 Å². The Hall–Kier alpha value is -1.48. The summed E-state index contributed by atoms with van der Waals surface area (Å²) in [5, 5.41) is 3.41. The van der Waals surface area contributed by atoms with Gasteiger partial charge in [-0.3, -0.25) is 0 Å². The van der Waals surface area contributed by atoms with E-state index in [0.717, 1.165) is 22.5 Å². The summed E-state index contributed by atoms with van der Waals surface area (Å²) in [6.45, 7) is 5.56. The Morgan fingerprint density at radius 1 is 1.11 bits per heavy atom. The lowest BCUT2D eigenvalue weighted by Crippen LogP contribution is -2.00. The average molecular weight is 320 g/mol. The first-order valence-electron chi connectivity index (χ1n) is 6.41. The molecule has 0 aliphatic rings. The first-order valence-corrected chi connectivity index (χ1v) is 7.20. The van der Waals surface area contributed by atoms with Crippen LogP contribution in [0.15, 0.2) is 46.9 Å². The lowest BCUT2D eigenvalue weighted by atomic mass is 10.2. The summed E-state index contributed by atoms with van der Waals surface area (Å²) in [4.78, 5) is 0. The number of nitrogens with one attached hydrogen (secondary N) is 1. The highest BCUT2D eigenvalue weighted by Crippen LogP contribution is 2.26. The third kappa shape index (κ3) is 4.00. The molecule has 0 radical (unpaired) electrons. The molecule has 0 unspecified atom stereocenters. The summed E-state index contributed by atoms with van der Waals surface area (Å²) >= 11 is 3.53. The van der Waals surface area contributed by atoms with Gasteiger partial charge in [-0.25, -0.2) is 0 Å². The van der Waals surface area contributed by atoms with Gasteiger partial charge in [-0.15, -0.1) is 0 Å². The maximum atomic E-state index is 5.50. The van der Waals surface area contributed by atoms with Crippen LogP contribution in [0.1, 0.15) is 18.1 Å². The summed E-state index contributed by atoms with van der Waals surface area (Å²) in [7, 11) is 0. The zero-order valence-electron chi connectivity index (χ0n) is 11.2. The Morgan fingerprint density at radius 2 is 1.84 bits per heavy atom. The maximum Gasteiger partial charge on any atom is 0.133 e. The van der Waals surface area contributed by atoms with E-state index in [-0.39, 0.29) is 0 Å². The van der Waals surface area contributed by atoms with Crippen LogP contribution in [0.4, 0.5) is 5.69 Å². The van der Waals surface area contributed by atoms with Gasteiger partial charge in [-0.1, -0.05) is 23.8 Å². The fourth-order valence-corrected chi connectivity index (χ4v) is 2.34. The van der Waals surface area contributed by atoms with E-state index in [1.807, 2.05) is 13.0 Å². The number of aryl methyl sites for hydroxylation is 1. The second-order valence-corrected chi connectivity index (χ2v) is 5.27. The van der Waals surface area contributed by atoms with E-state index in [1.165, 1.54) is 11.1 Å². The standard InChI is InChI=1S/C16H18BrNO/c1-3-19-16-9-6-13(10-15(16)17)11-18-14-7-4-12(2)5-8-14/h4-10,18H,3,11H2,1-2H3. The zero-order chi connectivity index (χ0) is 13.7. The molecule has 0 amide bonds. The van der Waals surface area contributed by atoms with Gasteiger partial charge in [0, 0.05) is 12.2 Å². The molecule has 0 aliphatic carbocycles. The SMILES string of the molecule is CCOc1ccc(CNc2ccc(C)cc2)cc1Br. The van der Waals surface area contributed by atoms with Crippen molar-refractivity contribution in [2.24, 2.45) is 0 Å². The number of hydrogen-bond acceptors (Lipinski definition) is 2. The van der Waals surface area contributed by atoms with Crippen molar-refractivity contribution in [2.75, 3.05) is 11.9 Å². The topological polar surface area (TPSA) is 21.3 Å². The van der Waals surface area contributed by atoms with Gasteiger partial charge in [0.2, 0.25) is 0 Å². The molecule has 2 aromatic carbocycles. The maximum absolute atomic E-state index is 5.50. The monoisotopic (exact) mass is 319 g/mol. The number of hydrogen-bond donors (Lipinski definition) is 1. The minimum absolute atomic E-state index is 0.680. The van der Waals surface area contributed by atoms with E-state index in [2.05, 4.69) is 64.6 Å². The van der Waals surface area contributed by atoms with Crippen molar-refractivity contribution in [3.63, 3.8) is 0 Å². The van der Waals surface area contributed by atoms with Crippen LogP contribution in [0.3, 0.4) is 0 Å². The van der Waals surface area contributed by atoms with Gasteiger partial charge in [-0.2, -0.15) is 0 Å². The van der Waals surface area contributed by atoms with E-state index in [1.54, 1.807) is 0 Å². The Labute approximate surface area is 122 Å². The lowest BCUT2D eigenvalue weighted by Gasteiger charge is -2.10. The van der Waals surface area contributed by atoms with Crippen LogP contribution in [0.2, 0.25) is 0 Å². The Morgan fingerprint density at radius 3 is 2.47 bits per heavy atom. The van der Waals surface area contributed by atoms with Crippen LogP contribution in [-0.2, 0) is 6.54 Å². The molecule has 100 valence electrons. The quantitative estimate of drug-likeness (QED) is 0.857. The number of anilines is 1. The number of ether oxygens (including phenoxy) is 1. The van der Waals surface area contributed by atoms with E-state index in [9.17, 15) is 0 Å². The smallest absolute Gasteiger partial charge is 0.133 e. The van der Waals surface area contributed by atoms with Crippen LogP contribution in [-0.4, -0.2) is 6.61 Å². The van der Waals surface area contributed by atoms with Gasteiger partial charge in [0.05, 0.1) is 11.1 Å². The minimum Gasteiger partial charge on any atom is -0.493 e. The van der Waals surface area contributed by atoms with E-state index < -0.39 is 0 Å². The Balaban J connectivity index is 1.99. The summed E-state index contributed by atoms with van der Waals surface area (Å²) in [6, 6.07) is 14.6. The van der Waals surface area contributed by atoms with Gasteiger partial charge in [0.25, 0.3) is 0 Å². The predicted octanol–water partition coefficient (Wildman–Crippen LogP) is 4.77. The van der Waals surface area contributed by atoms with Crippen LogP contribution >= 0.6 is 15.9 Å². The van der Waals surface area contributed by atoms with Gasteiger partial charge in [-0.05, 0) is 59.6 Å². The fraction of sp³-hybridized carbons (Fsp3) is 0.250. The molecule has 1 N–H and O–H groups in total. The molecule has 0 spiro atoms. The highest BCUT2D eigenvalue weighted by Gasteiger charge is 2.02.